The summed E-state index contributed by atoms with van der Waals surface area (Å²) < 4.78 is 13.2. The maximum Gasteiger partial charge on any atom is 0.232 e. The fourth-order valence-corrected chi connectivity index (χ4v) is 4.49. The van der Waals surface area contributed by atoms with E-state index in [0.717, 1.165) is 26.2 Å². The summed E-state index contributed by atoms with van der Waals surface area (Å²) in [6, 6.07) is 27.6. The minimum Gasteiger partial charge on any atom is -0.368 e. The Balaban J connectivity index is 1.26. The number of benzene rings is 3. The number of rotatable bonds is 7. The molecule has 0 atom stereocenters. The summed E-state index contributed by atoms with van der Waals surface area (Å²) in [6.07, 6.45) is 0. The third-order valence-electron chi connectivity index (χ3n) is 6.17. The second-order valence-electron chi connectivity index (χ2n) is 8.60. The van der Waals surface area contributed by atoms with Gasteiger partial charge in [0.05, 0.1) is 12.6 Å². The van der Waals surface area contributed by atoms with E-state index >= 15 is 0 Å². The first-order chi connectivity index (χ1) is 17.1. The van der Waals surface area contributed by atoms with Crippen LogP contribution in [0.3, 0.4) is 0 Å². The van der Waals surface area contributed by atoms with Gasteiger partial charge in [0.15, 0.2) is 0 Å². The van der Waals surface area contributed by atoms with Crippen LogP contribution >= 0.6 is 0 Å². The molecule has 1 aliphatic heterocycles. The molecule has 0 spiro atoms. The van der Waals surface area contributed by atoms with Gasteiger partial charge in [-0.3, -0.25) is 9.80 Å². The van der Waals surface area contributed by atoms with Crippen molar-refractivity contribution in [1.29, 1.82) is 0 Å². The van der Waals surface area contributed by atoms with E-state index in [1.54, 1.807) is 12.1 Å². The van der Waals surface area contributed by atoms with Crippen molar-refractivity contribution in [2.75, 3.05) is 37.2 Å². The largest absolute Gasteiger partial charge is 0.368 e. The van der Waals surface area contributed by atoms with Crippen LogP contribution in [0, 0.1) is 5.82 Å². The van der Waals surface area contributed by atoms with E-state index in [1.165, 1.54) is 23.3 Å². The topological polar surface area (TPSA) is 83.2 Å². The quantitative estimate of drug-likeness (QED) is 0.419. The highest BCUT2D eigenvalue weighted by molar-refractivity contribution is 5.53. The number of hydrogen-bond donors (Lipinski definition) is 2. The van der Waals surface area contributed by atoms with Crippen LogP contribution in [0.15, 0.2) is 84.9 Å². The van der Waals surface area contributed by atoms with Crippen molar-refractivity contribution in [2.45, 2.75) is 12.6 Å². The molecule has 1 aliphatic rings. The van der Waals surface area contributed by atoms with Crippen molar-refractivity contribution < 1.29 is 4.39 Å². The Kier molecular flexibility index (Phi) is 6.92. The van der Waals surface area contributed by atoms with Gasteiger partial charge in [-0.15, -0.1) is 0 Å². The molecule has 0 unspecified atom stereocenters. The number of piperazine rings is 1. The fourth-order valence-electron chi connectivity index (χ4n) is 4.49. The highest BCUT2D eigenvalue weighted by atomic mass is 19.1. The van der Waals surface area contributed by atoms with Gasteiger partial charge in [0, 0.05) is 31.9 Å². The summed E-state index contributed by atoms with van der Waals surface area (Å²) in [6.45, 7) is 4.22. The molecule has 35 heavy (non-hydrogen) atoms. The van der Waals surface area contributed by atoms with Gasteiger partial charge in [0.2, 0.25) is 11.9 Å². The van der Waals surface area contributed by atoms with E-state index in [0.29, 0.717) is 24.0 Å². The minimum atomic E-state index is -0.299. The standard InChI is InChI=1S/C27H28FN7/c28-22-11-13-23(14-12-22)30-27-32-24(31-26(29)33-27)19-34-15-17-35(18-16-34)25(20-7-3-1-4-8-20)21-9-5-2-6-10-21/h1-14,25H,15-19H2,(H3,29,30,31,32,33). The molecule has 0 radical (unpaired) electrons. The summed E-state index contributed by atoms with van der Waals surface area (Å²) in [4.78, 5) is 17.9. The number of nitrogens with two attached hydrogens (primary N) is 1. The molecule has 0 amide bonds. The lowest BCUT2D eigenvalue weighted by atomic mass is 9.96. The van der Waals surface area contributed by atoms with Gasteiger partial charge in [-0.05, 0) is 35.4 Å². The molecule has 7 nitrogen and oxygen atoms in total. The zero-order valence-corrected chi connectivity index (χ0v) is 19.4. The second-order valence-corrected chi connectivity index (χ2v) is 8.60. The Labute approximate surface area is 204 Å². The molecule has 4 aromatic rings. The second kappa shape index (κ2) is 10.6. The van der Waals surface area contributed by atoms with Gasteiger partial charge in [-0.2, -0.15) is 15.0 Å². The summed E-state index contributed by atoms with van der Waals surface area (Å²) in [5, 5.41) is 3.07. The van der Waals surface area contributed by atoms with Crippen molar-refractivity contribution in [3.63, 3.8) is 0 Å². The van der Waals surface area contributed by atoms with E-state index in [9.17, 15) is 4.39 Å². The molecule has 0 saturated carbocycles. The molecular formula is C27H28FN7. The Morgan fingerprint density at radius 2 is 1.37 bits per heavy atom. The number of hydrogen-bond acceptors (Lipinski definition) is 7. The summed E-state index contributed by atoms with van der Waals surface area (Å²) in [5.74, 6) is 0.822. The first-order valence-electron chi connectivity index (χ1n) is 11.7. The Hall–Kier alpha value is -3.88. The van der Waals surface area contributed by atoms with E-state index in [-0.39, 0.29) is 17.8 Å². The fraction of sp³-hybridized carbons (Fsp3) is 0.222. The van der Waals surface area contributed by atoms with Gasteiger partial charge in [-0.25, -0.2) is 4.39 Å². The summed E-state index contributed by atoms with van der Waals surface area (Å²) in [5.41, 5.74) is 9.23. The lowest BCUT2D eigenvalue weighted by Gasteiger charge is -2.39. The molecule has 1 aromatic heterocycles. The third-order valence-corrected chi connectivity index (χ3v) is 6.17. The number of nitrogens with zero attached hydrogens (tertiary/aromatic N) is 5. The van der Waals surface area contributed by atoms with Crippen LogP contribution < -0.4 is 11.1 Å². The predicted molar refractivity (Wildman–Crippen MR) is 135 cm³/mol. The van der Waals surface area contributed by atoms with Crippen molar-refractivity contribution in [2.24, 2.45) is 0 Å². The summed E-state index contributed by atoms with van der Waals surface area (Å²) >= 11 is 0. The average molecular weight is 470 g/mol. The molecule has 5 rings (SSSR count). The zero-order chi connectivity index (χ0) is 24.0. The van der Waals surface area contributed by atoms with Gasteiger partial charge in [0.25, 0.3) is 0 Å². The van der Waals surface area contributed by atoms with E-state index < -0.39 is 0 Å². The highest BCUT2D eigenvalue weighted by Crippen LogP contribution is 2.29. The molecule has 0 bridgehead atoms. The molecule has 3 N–H and O–H groups in total. The van der Waals surface area contributed by atoms with Crippen LogP contribution in [0.5, 0.6) is 0 Å². The highest BCUT2D eigenvalue weighted by Gasteiger charge is 2.26. The van der Waals surface area contributed by atoms with Crippen LogP contribution in [0.1, 0.15) is 23.0 Å². The van der Waals surface area contributed by atoms with Crippen LogP contribution in [-0.4, -0.2) is 50.9 Å². The number of anilines is 3. The molecule has 0 aliphatic carbocycles. The van der Waals surface area contributed by atoms with Crippen LogP contribution in [0.2, 0.25) is 0 Å². The Bertz CT molecular complexity index is 1190. The normalized spacial score (nSPS) is 14.8. The molecular weight excluding hydrogens is 441 g/mol. The minimum absolute atomic E-state index is 0.159. The number of nitrogen functional groups attached to an aromatic ring is 1. The molecule has 1 saturated heterocycles. The molecule has 178 valence electrons. The van der Waals surface area contributed by atoms with E-state index in [1.807, 2.05) is 0 Å². The number of nitrogens with one attached hydrogen (secondary N) is 1. The van der Waals surface area contributed by atoms with Gasteiger partial charge in [-0.1, -0.05) is 60.7 Å². The van der Waals surface area contributed by atoms with E-state index in [2.05, 4.69) is 90.7 Å². The van der Waals surface area contributed by atoms with Crippen LogP contribution in [0.4, 0.5) is 22.0 Å². The average Bonchev–Trinajstić information content (AvgIpc) is 2.88. The van der Waals surface area contributed by atoms with Crippen LogP contribution in [0.25, 0.3) is 0 Å². The Morgan fingerprint density at radius 3 is 1.97 bits per heavy atom. The third kappa shape index (κ3) is 5.79. The predicted octanol–water partition coefficient (Wildman–Crippen LogP) is 4.24. The van der Waals surface area contributed by atoms with E-state index in [4.69, 9.17) is 5.73 Å². The van der Waals surface area contributed by atoms with Crippen LogP contribution in [-0.2, 0) is 6.54 Å². The zero-order valence-electron chi connectivity index (χ0n) is 19.4. The van der Waals surface area contributed by atoms with Gasteiger partial charge < -0.3 is 11.1 Å². The first-order valence-corrected chi connectivity index (χ1v) is 11.7. The monoisotopic (exact) mass is 469 g/mol. The molecule has 1 fully saturated rings. The molecule has 3 aromatic carbocycles. The number of halogens is 1. The maximum absolute atomic E-state index is 13.2. The van der Waals surface area contributed by atoms with Crippen molar-refractivity contribution >= 4 is 17.6 Å². The summed E-state index contributed by atoms with van der Waals surface area (Å²) in [7, 11) is 0. The van der Waals surface area contributed by atoms with Gasteiger partial charge >= 0.3 is 0 Å². The smallest absolute Gasteiger partial charge is 0.232 e. The number of aromatic nitrogens is 3. The van der Waals surface area contributed by atoms with Crippen molar-refractivity contribution in [1.82, 2.24) is 24.8 Å². The van der Waals surface area contributed by atoms with Crippen molar-refractivity contribution in [3.8, 4) is 0 Å². The lowest BCUT2D eigenvalue weighted by molar-refractivity contribution is 0.103. The van der Waals surface area contributed by atoms with Gasteiger partial charge in [0.1, 0.15) is 11.6 Å². The molecule has 8 heteroatoms. The maximum atomic E-state index is 13.2. The first kappa shape index (κ1) is 22.9. The lowest BCUT2D eigenvalue weighted by Crippen LogP contribution is -2.47. The SMILES string of the molecule is Nc1nc(CN2CCN(C(c3ccccc3)c3ccccc3)CC2)nc(Nc2ccc(F)cc2)n1. The Morgan fingerprint density at radius 1 is 0.771 bits per heavy atom. The molecule has 2 heterocycles. The van der Waals surface area contributed by atoms with Crippen molar-refractivity contribution in [3.05, 3.63) is 108 Å².